The van der Waals surface area contributed by atoms with E-state index in [0.29, 0.717) is 12.3 Å². The minimum Gasteiger partial charge on any atom is -0.370 e. The fourth-order valence-corrected chi connectivity index (χ4v) is 2.54. The molecule has 0 bridgehead atoms. The largest absolute Gasteiger partial charge is 0.370 e. The first-order valence-electron chi connectivity index (χ1n) is 7.29. The molecule has 0 saturated carbocycles. The number of nitrogens with one attached hydrogen (secondary N) is 1. The Bertz CT molecular complexity index is 305. The van der Waals surface area contributed by atoms with Gasteiger partial charge >= 0.3 is 0 Å². The lowest BCUT2D eigenvalue weighted by molar-refractivity contribution is -0.119. The number of carbonyl (C=O) groups is 1. The first-order chi connectivity index (χ1) is 9.15. The smallest absolute Gasteiger partial charge is 0.217 e. The van der Waals surface area contributed by atoms with Crippen molar-refractivity contribution in [3.63, 3.8) is 0 Å². The van der Waals surface area contributed by atoms with E-state index in [9.17, 15) is 4.79 Å². The number of rotatable bonds is 8. The number of hydrogen-bond donors (Lipinski definition) is 2. The molecule has 1 heterocycles. The second-order valence-electron chi connectivity index (χ2n) is 5.38. The van der Waals surface area contributed by atoms with Crippen molar-refractivity contribution in [2.24, 2.45) is 11.7 Å². The predicted octanol–water partition coefficient (Wildman–Crippen LogP) is 0.856. The van der Waals surface area contributed by atoms with Gasteiger partial charge in [0.1, 0.15) is 0 Å². The molecule has 1 aliphatic rings. The van der Waals surface area contributed by atoms with Gasteiger partial charge in [0.2, 0.25) is 5.91 Å². The van der Waals surface area contributed by atoms with Crippen molar-refractivity contribution in [2.45, 2.75) is 45.1 Å². The van der Waals surface area contributed by atoms with Crippen LogP contribution in [0.25, 0.3) is 0 Å². The zero-order valence-electron chi connectivity index (χ0n) is 11.9. The van der Waals surface area contributed by atoms with Crippen LogP contribution < -0.4 is 11.1 Å². The van der Waals surface area contributed by atoms with Gasteiger partial charge in [-0.25, -0.2) is 0 Å². The lowest BCUT2D eigenvalue weighted by Crippen LogP contribution is -2.38. The highest BCUT2D eigenvalue weighted by atomic mass is 16.1. The molecule has 1 unspecified atom stereocenters. The molecule has 0 aromatic rings. The molecule has 0 aromatic heterocycles. The summed E-state index contributed by atoms with van der Waals surface area (Å²) >= 11 is 0. The predicted molar refractivity (Wildman–Crippen MR) is 75.3 cm³/mol. The summed E-state index contributed by atoms with van der Waals surface area (Å²) in [6.07, 6.45) is 4.53. The van der Waals surface area contributed by atoms with E-state index in [2.05, 4.69) is 23.2 Å². The molecule has 0 aromatic carbocycles. The number of primary amides is 1. The highest BCUT2D eigenvalue weighted by Gasteiger charge is 2.21. The van der Waals surface area contributed by atoms with Crippen LogP contribution in [0.5, 0.6) is 0 Å². The van der Waals surface area contributed by atoms with E-state index in [1.807, 2.05) is 0 Å². The summed E-state index contributed by atoms with van der Waals surface area (Å²) in [5, 5.41) is 12.3. The minimum absolute atomic E-state index is 0.0386. The second-order valence-corrected chi connectivity index (χ2v) is 5.38. The van der Waals surface area contributed by atoms with Gasteiger partial charge in [0, 0.05) is 13.0 Å². The maximum absolute atomic E-state index is 10.9. The number of hydrogen-bond acceptors (Lipinski definition) is 4. The third-order valence-electron chi connectivity index (χ3n) is 3.73. The Morgan fingerprint density at radius 2 is 2.21 bits per heavy atom. The van der Waals surface area contributed by atoms with Gasteiger partial charge in [-0.1, -0.05) is 6.92 Å². The van der Waals surface area contributed by atoms with E-state index in [4.69, 9.17) is 11.0 Å². The average Bonchev–Trinajstić information content (AvgIpc) is 2.40. The molecular formula is C14H26N4O. The lowest BCUT2D eigenvalue weighted by atomic mass is 9.93. The van der Waals surface area contributed by atoms with Crippen molar-refractivity contribution >= 4 is 5.91 Å². The minimum atomic E-state index is -0.188. The van der Waals surface area contributed by atoms with Crippen molar-refractivity contribution in [1.29, 1.82) is 5.26 Å². The molecule has 108 valence electrons. The van der Waals surface area contributed by atoms with Gasteiger partial charge in [-0.3, -0.25) is 4.79 Å². The Morgan fingerprint density at radius 1 is 1.53 bits per heavy atom. The first-order valence-corrected chi connectivity index (χ1v) is 7.29. The van der Waals surface area contributed by atoms with Crippen LogP contribution in [0.2, 0.25) is 0 Å². The Balaban J connectivity index is 2.18. The average molecular weight is 266 g/mol. The fraction of sp³-hybridized carbons (Fsp3) is 0.857. The van der Waals surface area contributed by atoms with Gasteiger partial charge < -0.3 is 16.0 Å². The molecule has 19 heavy (non-hydrogen) atoms. The standard InChI is InChI=1S/C14H26N4O/c1-2-6-17-13(11-15)5-9-18-7-3-12(4-8-18)10-14(16)19/h12-13,17H,2-10H2,1H3,(H2,16,19). The molecule has 1 aliphatic heterocycles. The van der Waals surface area contributed by atoms with Crippen LogP contribution in [-0.4, -0.2) is 43.0 Å². The van der Waals surface area contributed by atoms with Crippen LogP contribution in [-0.2, 0) is 4.79 Å². The van der Waals surface area contributed by atoms with Crippen molar-refractivity contribution in [3.8, 4) is 6.07 Å². The zero-order valence-corrected chi connectivity index (χ0v) is 11.9. The maximum Gasteiger partial charge on any atom is 0.217 e. The first kappa shape index (κ1) is 15.9. The van der Waals surface area contributed by atoms with Gasteiger partial charge in [-0.15, -0.1) is 0 Å². The number of piperidine rings is 1. The molecule has 3 N–H and O–H groups in total. The Labute approximate surface area is 116 Å². The lowest BCUT2D eigenvalue weighted by Gasteiger charge is -2.31. The second kappa shape index (κ2) is 8.89. The molecule has 1 fully saturated rings. The van der Waals surface area contributed by atoms with Gasteiger partial charge in [0.05, 0.1) is 12.1 Å². The van der Waals surface area contributed by atoms with Gasteiger partial charge in [-0.2, -0.15) is 5.26 Å². The van der Waals surface area contributed by atoms with Crippen LogP contribution in [0.1, 0.15) is 39.0 Å². The summed E-state index contributed by atoms with van der Waals surface area (Å²) in [5.41, 5.74) is 5.22. The van der Waals surface area contributed by atoms with Crippen LogP contribution in [0.3, 0.4) is 0 Å². The zero-order chi connectivity index (χ0) is 14.1. The molecule has 5 heteroatoms. The Morgan fingerprint density at radius 3 is 2.74 bits per heavy atom. The van der Waals surface area contributed by atoms with Crippen molar-refractivity contribution < 1.29 is 4.79 Å². The fourth-order valence-electron chi connectivity index (χ4n) is 2.54. The molecular weight excluding hydrogens is 240 g/mol. The molecule has 0 aliphatic carbocycles. The highest BCUT2D eigenvalue weighted by molar-refractivity contribution is 5.73. The van der Waals surface area contributed by atoms with Gasteiger partial charge in [0.25, 0.3) is 0 Å². The topological polar surface area (TPSA) is 82.2 Å². The monoisotopic (exact) mass is 266 g/mol. The number of likely N-dealkylation sites (tertiary alicyclic amines) is 1. The van der Waals surface area contributed by atoms with Gasteiger partial charge in [0.15, 0.2) is 0 Å². The summed E-state index contributed by atoms with van der Waals surface area (Å²) in [5.74, 6) is 0.269. The third kappa shape index (κ3) is 6.55. The normalized spacial score (nSPS) is 18.9. The van der Waals surface area contributed by atoms with Crippen LogP contribution in [0, 0.1) is 17.2 Å². The van der Waals surface area contributed by atoms with Crippen molar-refractivity contribution in [2.75, 3.05) is 26.2 Å². The number of nitriles is 1. The third-order valence-corrected chi connectivity index (χ3v) is 3.73. The highest BCUT2D eigenvalue weighted by Crippen LogP contribution is 2.20. The summed E-state index contributed by atoms with van der Waals surface area (Å²) < 4.78 is 0. The Hall–Kier alpha value is -1.12. The molecule has 1 saturated heterocycles. The van der Waals surface area contributed by atoms with Crippen LogP contribution >= 0.6 is 0 Å². The summed E-state index contributed by atoms with van der Waals surface area (Å²) in [6, 6.07) is 2.27. The summed E-state index contributed by atoms with van der Waals surface area (Å²) in [7, 11) is 0. The summed E-state index contributed by atoms with van der Waals surface area (Å²) in [4.78, 5) is 13.3. The van der Waals surface area contributed by atoms with E-state index in [1.54, 1.807) is 0 Å². The van der Waals surface area contributed by atoms with E-state index in [1.165, 1.54) is 0 Å². The van der Waals surface area contributed by atoms with E-state index in [0.717, 1.165) is 51.9 Å². The molecule has 0 radical (unpaired) electrons. The van der Waals surface area contributed by atoms with Crippen molar-refractivity contribution in [3.05, 3.63) is 0 Å². The van der Waals surface area contributed by atoms with E-state index < -0.39 is 0 Å². The maximum atomic E-state index is 10.9. The molecule has 0 spiro atoms. The van der Waals surface area contributed by atoms with E-state index in [-0.39, 0.29) is 11.9 Å². The Kier molecular flexibility index (Phi) is 7.46. The number of nitrogens with two attached hydrogens (primary N) is 1. The SMILES string of the molecule is CCCNC(C#N)CCN1CCC(CC(N)=O)CC1. The van der Waals surface area contributed by atoms with Crippen LogP contribution in [0.4, 0.5) is 0 Å². The number of amides is 1. The van der Waals surface area contributed by atoms with Crippen molar-refractivity contribution in [1.82, 2.24) is 10.2 Å². The molecule has 1 amide bonds. The van der Waals surface area contributed by atoms with E-state index >= 15 is 0 Å². The number of carbonyl (C=O) groups excluding carboxylic acids is 1. The molecule has 5 nitrogen and oxygen atoms in total. The van der Waals surface area contributed by atoms with Crippen LogP contribution in [0.15, 0.2) is 0 Å². The molecule has 1 atom stereocenters. The number of nitrogens with zero attached hydrogens (tertiary/aromatic N) is 2. The van der Waals surface area contributed by atoms with Gasteiger partial charge in [-0.05, 0) is 51.2 Å². The summed E-state index contributed by atoms with van der Waals surface area (Å²) in [6.45, 7) is 6.00. The molecule has 1 rings (SSSR count). The quantitative estimate of drug-likeness (QED) is 0.682.